The molecule has 5 N–H and O–H groups in total. The van der Waals surface area contributed by atoms with E-state index in [1.54, 1.807) is 25.1 Å². The lowest BCUT2D eigenvalue weighted by Gasteiger charge is -2.17. The molecule has 6 nitrogen and oxygen atoms in total. The number of para-hydroxylation sites is 2. The Labute approximate surface area is 140 Å². The first-order chi connectivity index (χ1) is 11.6. The van der Waals surface area contributed by atoms with Crippen molar-refractivity contribution in [2.75, 3.05) is 11.9 Å². The number of hydrogen-bond acceptors (Lipinski definition) is 6. The van der Waals surface area contributed by atoms with Gasteiger partial charge < -0.3 is 21.3 Å². The standard InChI is InChI=1S/C18H20N4O2/c1-11(23)14(19)10-20-17-12-6-2-4-8-15(12)21-18(22-17)13-7-3-5-9-16(13)24/h2-9,11,14,23-24H,10,19H2,1H3,(H,20,21,22)/t11-,14-/m1/s1. The van der Waals surface area contributed by atoms with E-state index >= 15 is 0 Å². The summed E-state index contributed by atoms with van der Waals surface area (Å²) in [5.74, 6) is 1.18. The van der Waals surface area contributed by atoms with Crippen LogP contribution in [0.4, 0.5) is 5.82 Å². The SMILES string of the molecule is C[C@@H](O)[C@H](N)CNc1nc(-c2ccccc2O)nc2ccccc12. The van der Waals surface area contributed by atoms with Crippen molar-refractivity contribution in [3.8, 4) is 17.1 Å². The minimum atomic E-state index is -0.622. The number of anilines is 1. The number of fused-ring (bicyclic) bond motifs is 1. The van der Waals surface area contributed by atoms with Crippen molar-refractivity contribution in [2.24, 2.45) is 5.73 Å². The number of phenolic OH excluding ortho intramolecular Hbond substituents is 1. The van der Waals surface area contributed by atoms with Gasteiger partial charge in [0.2, 0.25) is 0 Å². The number of aliphatic hydroxyl groups is 1. The Kier molecular flexibility index (Phi) is 4.59. The minimum absolute atomic E-state index is 0.124. The normalized spacial score (nSPS) is 13.6. The van der Waals surface area contributed by atoms with Crippen molar-refractivity contribution < 1.29 is 10.2 Å². The van der Waals surface area contributed by atoms with Gasteiger partial charge in [-0.15, -0.1) is 0 Å². The highest BCUT2D eigenvalue weighted by molar-refractivity contribution is 5.90. The Morgan fingerprint density at radius 1 is 1.08 bits per heavy atom. The molecule has 0 amide bonds. The second kappa shape index (κ2) is 6.82. The van der Waals surface area contributed by atoms with Crippen molar-refractivity contribution in [3.05, 3.63) is 48.5 Å². The summed E-state index contributed by atoms with van der Waals surface area (Å²) in [6, 6.07) is 14.1. The van der Waals surface area contributed by atoms with Crippen LogP contribution >= 0.6 is 0 Å². The summed E-state index contributed by atoms with van der Waals surface area (Å²) in [4.78, 5) is 9.08. The van der Waals surface area contributed by atoms with Gasteiger partial charge in [-0.3, -0.25) is 0 Å². The Bertz CT molecular complexity index is 851. The number of rotatable bonds is 5. The van der Waals surface area contributed by atoms with Crippen LogP contribution in [0.5, 0.6) is 5.75 Å². The van der Waals surface area contributed by atoms with Crippen LogP contribution in [0.15, 0.2) is 48.5 Å². The predicted molar refractivity (Wildman–Crippen MR) is 94.8 cm³/mol. The predicted octanol–water partition coefficient (Wildman–Crippen LogP) is 2.12. The first-order valence-corrected chi connectivity index (χ1v) is 7.79. The fourth-order valence-corrected chi connectivity index (χ4v) is 2.38. The molecule has 2 atom stereocenters. The lowest BCUT2D eigenvalue weighted by atomic mass is 10.1. The molecule has 0 bridgehead atoms. The Hall–Kier alpha value is -2.70. The van der Waals surface area contributed by atoms with Crippen LogP contribution in [0.25, 0.3) is 22.3 Å². The van der Waals surface area contributed by atoms with E-state index in [9.17, 15) is 10.2 Å². The molecule has 124 valence electrons. The molecule has 24 heavy (non-hydrogen) atoms. The maximum absolute atomic E-state index is 10.1. The maximum Gasteiger partial charge on any atom is 0.165 e. The van der Waals surface area contributed by atoms with E-state index in [0.717, 1.165) is 10.9 Å². The van der Waals surface area contributed by atoms with Gasteiger partial charge in [0.25, 0.3) is 0 Å². The highest BCUT2D eigenvalue weighted by Gasteiger charge is 2.14. The first-order valence-electron chi connectivity index (χ1n) is 7.79. The lowest BCUT2D eigenvalue weighted by molar-refractivity contribution is 0.168. The summed E-state index contributed by atoms with van der Waals surface area (Å²) in [6.07, 6.45) is -0.622. The van der Waals surface area contributed by atoms with Crippen LogP contribution in [0.2, 0.25) is 0 Å². The third kappa shape index (κ3) is 3.29. The number of aromatic nitrogens is 2. The van der Waals surface area contributed by atoms with Gasteiger partial charge in [0, 0.05) is 18.0 Å². The number of phenols is 1. The van der Waals surface area contributed by atoms with Crippen LogP contribution in [-0.2, 0) is 0 Å². The van der Waals surface area contributed by atoms with Crippen LogP contribution in [-0.4, -0.2) is 38.9 Å². The molecule has 0 aliphatic heterocycles. The highest BCUT2D eigenvalue weighted by atomic mass is 16.3. The average Bonchev–Trinajstić information content (AvgIpc) is 2.59. The molecule has 0 saturated carbocycles. The van der Waals surface area contributed by atoms with E-state index < -0.39 is 12.1 Å². The van der Waals surface area contributed by atoms with E-state index in [1.807, 2.05) is 30.3 Å². The molecular weight excluding hydrogens is 304 g/mol. The van der Waals surface area contributed by atoms with Gasteiger partial charge in [0.15, 0.2) is 5.82 Å². The second-order valence-corrected chi connectivity index (χ2v) is 5.72. The van der Waals surface area contributed by atoms with E-state index in [1.165, 1.54) is 0 Å². The molecule has 0 saturated heterocycles. The molecule has 0 radical (unpaired) electrons. The fraction of sp³-hybridized carbons (Fsp3) is 0.222. The molecule has 0 unspecified atom stereocenters. The second-order valence-electron chi connectivity index (χ2n) is 5.72. The molecule has 3 rings (SSSR count). The van der Waals surface area contributed by atoms with Gasteiger partial charge in [0.1, 0.15) is 11.6 Å². The van der Waals surface area contributed by atoms with Gasteiger partial charge in [-0.2, -0.15) is 0 Å². The minimum Gasteiger partial charge on any atom is -0.507 e. The summed E-state index contributed by atoms with van der Waals surface area (Å²) in [5, 5.41) is 23.7. The Morgan fingerprint density at radius 2 is 1.79 bits per heavy atom. The van der Waals surface area contributed by atoms with Crippen molar-refractivity contribution in [1.29, 1.82) is 0 Å². The van der Waals surface area contributed by atoms with E-state index in [2.05, 4.69) is 15.3 Å². The Balaban J connectivity index is 2.05. The molecule has 1 heterocycles. The Morgan fingerprint density at radius 3 is 2.54 bits per heavy atom. The van der Waals surface area contributed by atoms with Gasteiger partial charge in [-0.05, 0) is 31.2 Å². The van der Waals surface area contributed by atoms with Crippen molar-refractivity contribution in [2.45, 2.75) is 19.1 Å². The quantitative estimate of drug-likeness (QED) is 0.573. The third-order valence-electron chi connectivity index (χ3n) is 3.87. The largest absolute Gasteiger partial charge is 0.507 e. The number of nitrogens with one attached hydrogen (secondary N) is 1. The number of aromatic hydroxyl groups is 1. The number of nitrogens with zero attached hydrogens (tertiary/aromatic N) is 2. The molecule has 0 fully saturated rings. The van der Waals surface area contributed by atoms with E-state index in [0.29, 0.717) is 23.8 Å². The molecule has 0 aliphatic carbocycles. The highest BCUT2D eigenvalue weighted by Crippen LogP contribution is 2.29. The zero-order chi connectivity index (χ0) is 17.1. The molecule has 6 heteroatoms. The number of hydrogen-bond donors (Lipinski definition) is 4. The maximum atomic E-state index is 10.1. The van der Waals surface area contributed by atoms with Crippen molar-refractivity contribution >= 4 is 16.7 Å². The summed E-state index contributed by atoms with van der Waals surface area (Å²) in [6.45, 7) is 2.02. The number of nitrogens with two attached hydrogens (primary N) is 1. The van der Waals surface area contributed by atoms with Gasteiger partial charge in [0.05, 0.1) is 17.2 Å². The topological polar surface area (TPSA) is 104 Å². The molecule has 2 aromatic carbocycles. The van der Waals surface area contributed by atoms with Crippen molar-refractivity contribution in [1.82, 2.24) is 9.97 Å². The smallest absolute Gasteiger partial charge is 0.165 e. The third-order valence-corrected chi connectivity index (χ3v) is 3.87. The van der Waals surface area contributed by atoms with E-state index in [-0.39, 0.29) is 5.75 Å². The molecule has 3 aromatic rings. The van der Waals surface area contributed by atoms with Gasteiger partial charge in [-0.1, -0.05) is 24.3 Å². The average molecular weight is 324 g/mol. The van der Waals surface area contributed by atoms with Crippen molar-refractivity contribution in [3.63, 3.8) is 0 Å². The van der Waals surface area contributed by atoms with Crippen LogP contribution < -0.4 is 11.1 Å². The molecule has 1 aromatic heterocycles. The first kappa shape index (κ1) is 16.2. The summed E-state index contributed by atoms with van der Waals surface area (Å²) in [5.41, 5.74) is 7.21. The summed E-state index contributed by atoms with van der Waals surface area (Å²) in [7, 11) is 0. The van der Waals surface area contributed by atoms with Gasteiger partial charge >= 0.3 is 0 Å². The lowest BCUT2D eigenvalue weighted by Crippen LogP contribution is -2.38. The van der Waals surface area contributed by atoms with E-state index in [4.69, 9.17) is 5.73 Å². The molecular formula is C18H20N4O2. The fourth-order valence-electron chi connectivity index (χ4n) is 2.38. The zero-order valence-electron chi connectivity index (χ0n) is 13.3. The summed E-state index contributed by atoms with van der Waals surface area (Å²) >= 11 is 0. The van der Waals surface area contributed by atoms with Crippen LogP contribution in [0, 0.1) is 0 Å². The van der Waals surface area contributed by atoms with Crippen LogP contribution in [0.3, 0.4) is 0 Å². The zero-order valence-corrected chi connectivity index (χ0v) is 13.3. The summed E-state index contributed by atoms with van der Waals surface area (Å²) < 4.78 is 0. The monoisotopic (exact) mass is 324 g/mol. The molecule has 0 aliphatic rings. The number of benzene rings is 2. The molecule has 0 spiro atoms. The van der Waals surface area contributed by atoms with Crippen LogP contribution in [0.1, 0.15) is 6.92 Å². The van der Waals surface area contributed by atoms with Gasteiger partial charge in [-0.25, -0.2) is 9.97 Å². The number of aliphatic hydroxyl groups excluding tert-OH is 1.